The van der Waals surface area contributed by atoms with Crippen LogP contribution in [0.2, 0.25) is 0 Å². The third-order valence-electron chi connectivity index (χ3n) is 5.38. The van der Waals surface area contributed by atoms with Crippen LogP contribution in [0.5, 0.6) is 11.5 Å². The second kappa shape index (κ2) is 8.94. The van der Waals surface area contributed by atoms with Crippen LogP contribution in [-0.4, -0.2) is 57.9 Å². The summed E-state index contributed by atoms with van der Waals surface area (Å²) >= 11 is 0. The molecular weight excluding hydrogens is 436 g/mol. The number of pyridine rings is 1. The molecule has 1 aromatic carbocycles. The van der Waals surface area contributed by atoms with Crippen molar-refractivity contribution in [1.82, 2.24) is 35.5 Å². The zero-order valence-corrected chi connectivity index (χ0v) is 19.3. The number of fused-ring (bicyclic) bond motifs is 1. The van der Waals surface area contributed by atoms with Gasteiger partial charge in [0.1, 0.15) is 22.8 Å². The monoisotopic (exact) mass is 460 g/mol. The lowest BCUT2D eigenvalue weighted by Crippen LogP contribution is -2.23. The molecule has 11 nitrogen and oxygen atoms in total. The molecule has 0 radical (unpaired) electrons. The maximum atomic E-state index is 5.47. The Morgan fingerprint density at radius 3 is 2.53 bits per heavy atom. The molecule has 11 heteroatoms. The highest BCUT2D eigenvalue weighted by molar-refractivity contribution is 5.77. The smallest absolute Gasteiger partial charge is 0.223 e. The predicted molar refractivity (Wildman–Crippen MR) is 125 cm³/mol. The van der Waals surface area contributed by atoms with Gasteiger partial charge in [0.2, 0.25) is 5.89 Å². The maximum absolute atomic E-state index is 5.47. The number of hydrazine groups is 1. The van der Waals surface area contributed by atoms with Crippen LogP contribution in [0.1, 0.15) is 17.4 Å². The number of methoxy groups -OCH3 is 2. The normalized spacial score (nSPS) is 13.3. The second-order valence-corrected chi connectivity index (χ2v) is 7.75. The summed E-state index contributed by atoms with van der Waals surface area (Å²) in [5.41, 5.74) is 7.06. The second-order valence-electron chi connectivity index (χ2n) is 7.75. The Kier molecular flexibility index (Phi) is 5.68. The number of hydrogen-bond acceptors (Lipinski definition) is 11. The number of aryl methyl sites for hydroxylation is 1. The molecule has 0 fully saturated rings. The molecule has 0 spiro atoms. The SMILES string of the molecule is COc1cc(OC)cc(N(Cc2noc(C)n2)c2ccc3ncc(C4=CN(C)NC4)nc3n2)c1. The van der Waals surface area contributed by atoms with Crippen molar-refractivity contribution < 1.29 is 14.0 Å². The molecule has 1 N–H and O–H groups in total. The van der Waals surface area contributed by atoms with Crippen molar-refractivity contribution in [2.75, 3.05) is 32.7 Å². The van der Waals surface area contributed by atoms with Gasteiger partial charge in [0.05, 0.1) is 38.3 Å². The lowest BCUT2D eigenvalue weighted by Gasteiger charge is -2.23. The van der Waals surface area contributed by atoms with Gasteiger partial charge in [-0.15, -0.1) is 0 Å². The zero-order valence-electron chi connectivity index (χ0n) is 19.3. The van der Waals surface area contributed by atoms with E-state index < -0.39 is 0 Å². The first kappa shape index (κ1) is 21.6. The fourth-order valence-electron chi connectivity index (χ4n) is 3.68. The average Bonchev–Trinajstić information content (AvgIpc) is 3.49. The van der Waals surface area contributed by atoms with Crippen LogP contribution in [-0.2, 0) is 6.54 Å². The van der Waals surface area contributed by atoms with E-state index in [-0.39, 0.29) is 0 Å². The Morgan fingerprint density at radius 1 is 1.09 bits per heavy atom. The molecule has 4 aromatic rings. The number of nitrogens with one attached hydrogen (secondary N) is 1. The minimum absolute atomic E-state index is 0.319. The highest BCUT2D eigenvalue weighted by atomic mass is 16.5. The van der Waals surface area contributed by atoms with Crippen molar-refractivity contribution in [3.8, 4) is 11.5 Å². The molecule has 0 saturated heterocycles. The Labute approximate surface area is 196 Å². The molecule has 1 aliphatic heterocycles. The summed E-state index contributed by atoms with van der Waals surface area (Å²) < 4.78 is 16.1. The number of anilines is 2. The van der Waals surface area contributed by atoms with Crippen LogP contribution in [0.15, 0.2) is 47.3 Å². The van der Waals surface area contributed by atoms with Gasteiger partial charge in [-0.1, -0.05) is 5.16 Å². The number of benzene rings is 1. The minimum Gasteiger partial charge on any atom is -0.497 e. The summed E-state index contributed by atoms with van der Waals surface area (Å²) in [4.78, 5) is 20.5. The van der Waals surface area contributed by atoms with Crippen LogP contribution >= 0.6 is 0 Å². The molecule has 0 aliphatic carbocycles. The Morgan fingerprint density at radius 2 is 1.88 bits per heavy atom. The number of nitrogens with zero attached hydrogens (tertiary/aromatic N) is 7. The molecule has 3 aromatic heterocycles. The number of hydrogen-bond donors (Lipinski definition) is 1. The molecule has 0 saturated carbocycles. The zero-order chi connectivity index (χ0) is 23.7. The van der Waals surface area contributed by atoms with Gasteiger partial charge in [0.25, 0.3) is 0 Å². The molecule has 0 bridgehead atoms. The van der Waals surface area contributed by atoms with Crippen molar-refractivity contribution >= 4 is 28.2 Å². The van der Waals surface area contributed by atoms with E-state index in [1.54, 1.807) is 27.3 Å². The highest BCUT2D eigenvalue weighted by Crippen LogP contribution is 2.33. The quantitative estimate of drug-likeness (QED) is 0.439. The van der Waals surface area contributed by atoms with E-state index in [0.717, 1.165) is 17.0 Å². The maximum Gasteiger partial charge on any atom is 0.223 e. The Bertz CT molecular complexity index is 1350. The topological polar surface area (TPSA) is 115 Å². The average molecular weight is 460 g/mol. The van der Waals surface area contributed by atoms with Gasteiger partial charge in [0.15, 0.2) is 11.5 Å². The molecule has 0 atom stereocenters. The number of rotatable bonds is 7. The summed E-state index contributed by atoms with van der Waals surface area (Å²) in [7, 11) is 5.17. The summed E-state index contributed by atoms with van der Waals surface area (Å²) in [6, 6.07) is 9.39. The van der Waals surface area contributed by atoms with Crippen LogP contribution in [0, 0.1) is 6.92 Å². The van der Waals surface area contributed by atoms with Crippen molar-refractivity contribution in [2.45, 2.75) is 13.5 Å². The standard InChI is InChI=1S/C23H24N8O3/c1-14-26-21(29-34-14)13-31(16-7-17(32-3)9-18(8-16)33-4)22-6-5-19-23(28-22)27-20(11-24-19)15-10-25-30(2)12-15/h5-9,11-12,25H,10,13H2,1-4H3. The predicted octanol–water partition coefficient (Wildman–Crippen LogP) is 2.86. The van der Waals surface area contributed by atoms with Crippen LogP contribution in [0.3, 0.4) is 0 Å². The first-order valence-electron chi connectivity index (χ1n) is 10.6. The number of aromatic nitrogens is 5. The molecule has 1 aliphatic rings. The third kappa shape index (κ3) is 4.33. The summed E-state index contributed by atoms with van der Waals surface area (Å²) in [6.45, 7) is 2.76. The van der Waals surface area contributed by atoms with E-state index in [1.807, 2.05) is 53.5 Å². The van der Waals surface area contributed by atoms with E-state index in [0.29, 0.717) is 53.3 Å². The fourth-order valence-corrected chi connectivity index (χ4v) is 3.68. The van der Waals surface area contributed by atoms with E-state index in [2.05, 4.69) is 20.6 Å². The van der Waals surface area contributed by atoms with Gasteiger partial charge in [-0.3, -0.25) is 4.98 Å². The molecule has 0 amide bonds. The molecule has 4 heterocycles. The van der Waals surface area contributed by atoms with Gasteiger partial charge in [-0.25, -0.2) is 15.4 Å². The minimum atomic E-state index is 0.319. The molecule has 34 heavy (non-hydrogen) atoms. The lowest BCUT2D eigenvalue weighted by atomic mass is 10.2. The van der Waals surface area contributed by atoms with E-state index in [9.17, 15) is 0 Å². The van der Waals surface area contributed by atoms with Crippen molar-refractivity contribution in [3.05, 3.63) is 60.1 Å². The van der Waals surface area contributed by atoms with Crippen LogP contribution < -0.4 is 19.8 Å². The summed E-state index contributed by atoms with van der Waals surface area (Å²) in [5, 5.41) is 5.96. The summed E-state index contributed by atoms with van der Waals surface area (Å²) in [5.74, 6) is 2.95. The highest BCUT2D eigenvalue weighted by Gasteiger charge is 2.19. The van der Waals surface area contributed by atoms with Gasteiger partial charge in [-0.05, 0) is 12.1 Å². The Balaban J connectivity index is 1.60. The van der Waals surface area contributed by atoms with Gasteiger partial charge < -0.3 is 23.9 Å². The first-order valence-corrected chi connectivity index (χ1v) is 10.6. The lowest BCUT2D eigenvalue weighted by molar-refractivity contribution is 0.374. The summed E-state index contributed by atoms with van der Waals surface area (Å²) in [6.07, 6.45) is 3.76. The van der Waals surface area contributed by atoms with Crippen molar-refractivity contribution in [3.63, 3.8) is 0 Å². The van der Waals surface area contributed by atoms with Gasteiger partial charge in [0, 0.05) is 50.5 Å². The van der Waals surface area contributed by atoms with E-state index in [1.165, 1.54) is 0 Å². The number of ether oxygens (including phenoxy) is 2. The fraction of sp³-hybridized carbons (Fsp3) is 0.261. The van der Waals surface area contributed by atoms with Crippen molar-refractivity contribution in [1.29, 1.82) is 0 Å². The molecule has 0 unspecified atom stereocenters. The molecular formula is C23H24N8O3. The van der Waals surface area contributed by atoms with Gasteiger partial charge in [-0.2, -0.15) is 4.98 Å². The first-order chi connectivity index (χ1) is 16.5. The van der Waals surface area contributed by atoms with E-state index in [4.69, 9.17) is 24.0 Å². The largest absolute Gasteiger partial charge is 0.497 e. The third-order valence-corrected chi connectivity index (χ3v) is 5.38. The van der Waals surface area contributed by atoms with E-state index >= 15 is 0 Å². The molecule has 5 rings (SSSR count). The Hall–Kier alpha value is -4.25. The van der Waals surface area contributed by atoms with Crippen LogP contribution in [0.25, 0.3) is 16.7 Å². The molecule has 174 valence electrons. The van der Waals surface area contributed by atoms with Crippen LogP contribution in [0.4, 0.5) is 11.5 Å². The van der Waals surface area contributed by atoms with Gasteiger partial charge >= 0.3 is 0 Å². The van der Waals surface area contributed by atoms with Crippen molar-refractivity contribution in [2.24, 2.45) is 0 Å².